The SMILES string of the molecule is CCCCCCSSc1ccc(Br)s1. The molecule has 0 spiro atoms. The summed E-state index contributed by atoms with van der Waals surface area (Å²) in [7, 11) is 3.88. The van der Waals surface area contributed by atoms with Gasteiger partial charge in [-0.2, -0.15) is 0 Å². The van der Waals surface area contributed by atoms with Gasteiger partial charge in [0.2, 0.25) is 0 Å². The van der Waals surface area contributed by atoms with Crippen molar-refractivity contribution in [2.75, 3.05) is 5.75 Å². The third-order valence-corrected chi connectivity index (χ3v) is 6.27. The molecule has 0 aliphatic rings. The molecule has 4 heteroatoms. The molecule has 0 saturated heterocycles. The monoisotopic (exact) mass is 310 g/mol. The normalized spacial score (nSPS) is 10.7. The van der Waals surface area contributed by atoms with E-state index in [0.29, 0.717) is 0 Å². The minimum Gasteiger partial charge on any atom is -0.121 e. The first-order valence-corrected chi connectivity index (χ1v) is 8.80. The molecule has 1 aromatic rings. The fourth-order valence-corrected chi connectivity index (χ4v) is 5.38. The van der Waals surface area contributed by atoms with Gasteiger partial charge < -0.3 is 0 Å². The van der Waals surface area contributed by atoms with Gasteiger partial charge in [0.15, 0.2) is 0 Å². The highest BCUT2D eigenvalue weighted by atomic mass is 79.9. The van der Waals surface area contributed by atoms with Gasteiger partial charge in [0.05, 0.1) is 8.00 Å². The Morgan fingerprint density at radius 2 is 2.14 bits per heavy atom. The maximum atomic E-state index is 3.47. The first kappa shape index (κ1) is 12.9. The number of rotatable bonds is 7. The van der Waals surface area contributed by atoms with E-state index in [1.54, 1.807) is 0 Å². The van der Waals surface area contributed by atoms with Gasteiger partial charge in [0.1, 0.15) is 0 Å². The predicted molar refractivity (Wildman–Crippen MR) is 74.5 cm³/mol. The van der Waals surface area contributed by atoms with Gasteiger partial charge in [-0.05, 0) is 45.3 Å². The molecule has 0 radical (unpaired) electrons. The van der Waals surface area contributed by atoms with Gasteiger partial charge >= 0.3 is 0 Å². The van der Waals surface area contributed by atoms with Crippen LogP contribution in [-0.4, -0.2) is 5.75 Å². The Bertz CT molecular complexity index is 247. The van der Waals surface area contributed by atoms with E-state index in [1.807, 2.05) is 32.9 Å². The van der Waals surface area contributed by atoms with Crippen LogP contribution in [0.2, 0.25) is 0 Å². The fourth-order valence-electron chi connectivity index (χ4n) is 1.03. The third kappa shape index (κ3) is 5.69. The molecule has 1 rings (SSSR count). The van der Waals surface area contributed by atoms with Crippen molar-refractivity contribution in [2.24, 2.45) is 0 Å². The average molecular weight is 311 g/mol. The molecule has 0 aromatic carbocycles. The highest BCUT2D eigenvalue weighted by Gasteiger charge is 1.98. The Kier molecular flexibility index (Phi) is 7.47. The second kappa shape index (κ2) is 8.08. The van der Waals surface area contributed by atoms with Gasteiger partial charge in [-0.1, -0.05) is 37.0 Å². The number of thiophene rings is 1. The van der Waals surface area contributed by atoms with Gasteiger partial charge in [0.25, 0.3) is 0 Å². The molecule has 0 nitrogen and oxygen atoms in total. The number of halogens is 1. The molecule has 0 aliphatic carbocycles. The lowest BCUT2D eigenvalue weighted by Gasteiger charge is -1.98. The summed E-state index contributed by atoms with van der Waals surface area (Å²) in [5.74, 6) is 1.28. The maximum absolute atomic E-state index is 3.47. The quantitative estimate of drug-likeness (QED) is 0.459. The smallest absolute Gasteiger partial charge is 0.0718 e. The predicted octanol–water partition coefficient (Wildman–Crippen LogP) is 5.83. The van der Waals surface area contributed by atoms with Crippen molar-refractivity contribution >= 4 is 48.9 Å². The number of unbranched alkanes of at least 4 members (excludes halogenated alkanes) is 3. The zero-order chi connectivity index (χ0) is 10.2. The Hall–Kier alpha value is 0.880. The van der Waals surface area contributed by atoms with E-state index in [4.69, 9.17) is 0 Å². The summed E-state index contributed by atoms with van der Waals surface area (Å²) in [6.45, 7) is 2.26. The van der Waals surface area contributed by atoms with Crippen LogP contribution in [0.3, 0.4) is 0 Å². The third-order valence-electron chi connectivity index (χ3n) is 1.77. The average Bonchev–Trinajstić information content (AvgIpc) is 2.58. The molecule has 0 atom stereocenters. The molecular formula is C10H15BrS3. The zero-order valence-electron chi connectivity index (χ0n) is 8.29. The van der Waals surface area contributed by atoms with Crippen molar-refractivity contribution in [2.45, 2.75) is 36.8 Å². The van der Waals surface area contributed by atoms with Crippen LogP contribution in [-0.2, 0) is 0 Å². The summed E-state index contributed by atoms with van der Waals surface area (Å²) < 4.78 is 2.63. The van der Waals surface area contributed by atoms with Crippen LogP contribution in [0.15, 0.2) is 20.1 Å². The molecule has 0 aliphatic heterocycles. The fraction of sp³-hybridized carbons (Fsp3) is 0.600. The maximum Gasteiger partial charge on any atom is 0.0718 e. The molecule has 0 amide bonds. The largest absolute Gasteiger partial charge is 0.121 e. The highest BCUT2D eigenvalue weighted by Crippen LogP contribution is 2.38. The molecule has 14 heavy (non-hydrogen) atoms. The van der Waals surface area contributed by atoms with E-state index >= 15 is 0 Å². The van der Waals surface area contributed by atoms with Crippen molar-refractivity contribution in [3.05, 3.63) is 15.9 Å². The Balaban J connectivity index is 1.99. The summed E-state index contributed by atoms with van der Waals surface area (Å²) in [6, 6.07) is 4.29. The molecule has 0 bridgehead atoms. The molecule has 80 valence electrons. The van der Waals surface area contributed by atoms with E-state index in [2.05, 4.69) is 35.0 Å². The van der Waals surface area contributed by atoms with Crippen LogP contribution in [0, 0.1) is 0 Å². The second-order valence-electron chi connectivity index (χ2n) is 3.02. The van der Waals surface area contributed by atoms with Crippen LogP contribution in [0.25, 0.3) is 0 Å². The second-order valence-corrected chi connectivity index (χ2v) is 8.20. The summed E-state index contributed by atoms with van der Waals surface area (Å²) in [4.78, 5) is 0. The zero-order valence-corrected chi connectivity index (χ0v) is 12.3. The molecule has 1 aromatic heterocycles. The van der Waals surface area contributed by atoms with Crippen molar-refractivity contribution in [1.29, 1.82) is 0 Å². The lowest BCUT2D eigenvalue weighted by Crippen LogP contribution is -1.77. The van der Waals surface area contributed by atoms with Crippen molar-refractivity contribution in [1.82, 2.24) is 0 Å². The van der Waals surface area contributed by atoms with Gasteiger partial charge in [-0.25, -0.2) is 0 Å². The number of hydrogen-bond donors (Lipinski definition) is 0. The van der Waals surface area contributed by atoms with Crippen LogP contribution >= 0.6 is 48.9 Å². The lowest BCUT2D eigenvalue weighted by molar-refractivity contribution is 0.707. The van der Waals surface area contributed by atoms with E-state index in [-0.39, 0.29) is 0 Å². The molecule has 1 heterocycles. The van der Waals surface area contributed by atoms with Crippen LogP contribution in [0.1, 0.15) is 32.6 Å². The standard InChI is InChI=1S/C10H15BrS3/c1-2-3-4-5-8-12-14-10-7-6-9(11)13-10/h6-7H,2-5,8H2,1H3. The summed E-state index contributed by atoms with van der Waals surface area (Å²) >= 11 is 5.29. The molecule has 0 N–H and O–H groups in total. The topological polar surface area (TPSA) is 0 Å². The van der Waals surface area contributed by atoms with Crippen molar-refractivity contribution in [3.63, 3.8) is 0 Å². The highest BCUT2D eigenvalue weighted by molar-refractivity contribution is 9.11. The van der Waals surface area contributed by atoms with Crippen LogP contribution in [0.4, 0.5) is 0 Å². The van der Waals surface area contributed by atoms with Crippen molar-refractivity contribution in [3.8, 4) is 0 Å². The van der Waals surface area contributed by atoms with Gasteiger partial charge in [-0.3, -0.25) is 0 Å². The summed E-state index contributed by atoms with van der Waals surface area (Å²) in [6.07, 6.45) is 5.46. The Morgan fingerprint density at radius 3 is 2.79 bits per heavy atom. The minimum atomic E-state index is 1.23. The van der Waals surface area contributed by atoms with Crippen LogP contribution in [0.5, 0.6) is 0 Å². The Labute approximate surface area is 107 Å². The molecular weight excluding hydrogens is 296 g/mol. The first-order valence-electron chi connectivity index (χ1n) is 4.87. The van der Waals surface area contributed by atoms with Crippen LogP contribution < -0.4 is 0 Å². The van der Waals surface area contributed by atoms with E-state index in [1.165, 1.54) is 39.4 Å². The number of hydrogen-bond acceptors (Lipinski definition) is 3. The molecule has 0 unspecified atom stereocenters. The van der Waals surface area contributed by atoms with Crippen molar-refractivity contribution < 1.29 is 0 Å². The van der Waals surface area contributed by atoms with Gasteiger partial charge in [0, 0.05) is 5.75 Å². The summed E-state index contributed by atoms with van der Waals surface area (Å²) in [5.41, 5.74) is 0. The lowest BCUT2D eigenvalue weighted by atomic mass is 10.2. The minimum absolute atomic E-state index is 1.23. The molecule has 0 fully saturated rings. The Morgan fingerprint density at radius 1 is 1.29 bits per heavy atom. The summed E-state index contributed by atoms with van der Waals surface area (Å²) in [5, 5.41) is 0. The van der Waals surface area contributed by atoms with Gasteiger partial charge in [-0.15, -0.1) is 11.3 Å². The van der Waals surface area contributed by atoms with E-state index in [9.17, 15) is 0 Å². The van der Waals surface area contributed by atoms with E-state index in [0.717, 1.165) is 0 Å². The molecule has 0 saturated carbocycles. The first-order chi connectivity index (χ1) is 6.83. The van der Waals surface area contributed by atoms with E-state index < -0.39 is 0 Å².